The van der Waals surface area contributed by atoms with E-state index in [2.05, 4.69) is 14.8 Å². The normalized spacial score (nSPS) is 16.8. The fourth-order valence-electron chi connectivity index (χ4n) is 2.60. The van der Waals surface area contributed by atoms with Gasteiger partial charge in [-0.3, -0.25) is 4.79 Å². The number of carbonyl (C=O) groups excluding carboxylic acids is 1. The van der Waals surface area contributed by atoms with E-state index in [0.29, 0.717) is 24.4 Å². The second-order valence-electron chi connectivity index (χ2n) is 5.24. The molecule has 3 rings (SSSR count). The van der Waals surface area contributed by atoms with Crippen LogP contribution in [0.4, 0.5) is 0 Å². The van der Waals surface area contributed by atoms with E-state index in [0.717, 1.165) is 19.3 Å². The first-order chi connectivity index (χ1) is 10.5. The Morgan fingerprint density at radius 3 is 2.73 bits per heavy atom. The summed E-state index contributed by atoms with van der Waals surface area (Å²) in [4.78, 5) is 16.5. The molecule has 1 aliphatic heterocycles. The molecule has 0 unspecified atom stereocenters. The van der Waals surface area contributed by atoms with Crippen LogP contribution >= 0.6 is 0 Å². The van der Waals surface area contributed by atoms with Crippen molar-refractivity contribution in [2.24, 2.45) is 0 Å². The molecule has 3 heterocycles. The lowest BCUT2D eigenvalue weighted by molar-refractivity contribution is 0.0979. The topological polar surface area (TPSA) is 96.7 Å². The standard InChI is InChI=1S/C13H17N5O3S/c1-10-11(12-14-6-5-9-18(12)15-10)13(19)16-22(20,21)17-7-3-2-4-8-17/h5-6,9H,2-4,7-8H2,1H3,(H,16,19). The second-order valence-corrected chi connectivity index (χ2v) is 6.91. The van der Waals surface area contributed by atoms with Gasteiger partial charge in [-0.15, -0.1) is 0 Å². The molecule has 22 heavy (non-hydrogen) atoms. The van der Waals surface area contributed by atoms with Crippen molar-refractivity contribution < 1.29 is 13.2 Å². The molecule has 1 fully saturated rings. The molecular weight excluding hydrogens is 306 g/mol. The van der Waals surface area contributed by atoms with Crippen LogP contribution in [0.5, 0.6) is 0 Å². The van der Waals surface area contributed by atoms with Gasteiger partial charge in [-0.2, -0.15) is 17.8 Å². The number of carbonyl (C=O) groups is 1. The van der Waals surface area contributed by atoms with E-state index in [9.17, 15) is 13.2 Å². The molecule has 9 heteroatoms. The highest BCUT2D eigenvalue weighted by Gasteiger charge is 2.28. The predicted octanol–water partition coefficient (Wildman–Crippen LogP) is 0.498. The Morgan fingerprint density at radius 1 is 1.27 bits per heavy atom. The zero-order valence-electron chi connectivity index (χ0n) is 12.2. The van der Waals surface area contributed by atoms with Crippen LogP contribution in [0.25, 0.3) is 5.65 Å². The molecular formula is C13H17N5O3S. The highest BCUT2D eigenvalue weighted by molar-refractivity contribution is 7.87. The molecule has 1 saturated heterocycles. The van der Waals surface area contributed by atoms with Crippen LogP contribution in [0.2, 0.25) is 0 Å². The Bertz CT molecular complexity index is 808. The van der Waals surface area contributed by atoms with Crippen molar-refractivity contribution in [2.45, 2.75) is 26.2 Å². The Balaban J connectivity index is 1.88. The molecule has 0 atom stereocenters. The number of fused-ring (bicyclic) bond motifs is 1. The second kappa shape index (κ2) is 5.65. The first-order valence-corrected chi connectivity index (χ1v) is 8.55. The van der Waals surface area contributed by atoms with E-state index < -0.39 is 16.1 Å². The molecule has 2 aromatic heterocycles. The molecule has 0 aliphatic carbocycles. The molecule has 0 saturated carbocycles. The lowest BCUT2D eigenvalue weighted by Crippen LogP contribution is -2.45. The van der Waals surface area contributed by atoms with Crippen LogP contribution < -0.4 is 4.72 Å². The summed E-state index contributed by atoms with van der Waals surface area (Å²) in [5.74, 6) is -0.697. The summed E-state index contributed by atoms with van der Waals surface area (Å²) < 4.78 is 29.5. The zero-order valence-corrected chi connectivity index (χ0v) is 13.0. The smallest absolute Gasteiger partial charge is 0.268 e. The Hall–Kier alpha value is -2.00. The van der Waals surface area contributed by atoms with Crippen molar-refractivity contribution >= 4 is 21.8 Å². The van der Waals surface area contributed by atoms with E-state index >= 15 is 0 Å². The van der Waals surface area contributed by atoms with Gasteiger partial charge in [-0.1, -0.05) is 6.42 Å². The third-order valence-corrected chi connectivity index (χ3v) is 5.16. The van der Waals surface area contributed by atoms with Crippen LogP contribution in [0, 0.1) is 6.92 Å². The minimum absolute atomic E-state index is 0.182. The zero-order chi connectivity index (χ0) is 15.7. The third-order valence-electron chi connectivity index (χ3n) is 3.67. The van der Waals surface area contributed by atoms with Crippen LogP contribution in [-0.2, 0) is 10.2 Å². The lowest BCUT2D eigenvalue weighted by Gasteiger charge is -2.25. The SMILES string of the molecule is Cc1nn2cccnc2c1C(=O)NS(=O)(=O)N1CCCCC1. The number of nitrogens with one attached hydrogen (secondary N) is 1. The molecule has 1 aliphatic rings. The van der Waals surface area contributed by atoms with Crippen molar-refractivity contribution in [2.75, 3.05) is 13.1 Å². The van der Waals surface area contributed by atoms with Gasteiger partial charge in [0.1, 0.15) is 5.56 Å². The van der Waals surface area contributed by atoms with E-state index in [1.165, 1.54) is 15.0 Å². The summed E-state index contributed by atoms with van der Waals surface area (Å²) >= 11 is 0. The van der Waals surface area contributed by atoms with E-state index in [4.69, 9.17) is 0 Å². The number of piperidine rings is 1. The molecule has 1 amide bonds. The number of hydrogen-bond acceptors (Lipinski definition) is 5. The van der Waals surface area contributed by atoms with Gasteiger partial charge in [-0.05, 0) is 25.8 Å². The fraction of sp³-hybridized carbons (Fsp3) is 0.462. The maximum atomic E-state index is 12.4. The predicted molar refractivity (Wildman–Crippen MR) is 79.5 cm³/mol. The van der Waals surface area contributed by atoms with Crippen molar-refractivity contribution in [1.82, 2.24) is 23.6 Å². The Morgan fingerprint density at radius 2 is 2.00 bits per heavy atom. The first-order valence-electron chi connectivity index (χ1n) is 7.11. The molecule has 0 aromatic carbocycles. The van der Waals surface area contributed by atoms with Gasteiger partial charge in [0.2, 0.25) is 0 Å². The maximum Gasteiger partial charge on any atom is 0.304 e. The first kappa shape index (κ1) is 14.9. The Kier molecular flexibility index (Phi) is 3.83. The van der Waals surface area contributed by atoms with E-state index in [1.54, 1.807) is 19.2 Å². The summed E-state index contributed by atoms with van der Waals surface area (Å²) in [6.45, 7) is 2.53. The summed E-state index contributed by atoms with van der Waals surface area (Å²) in [6, 6.07) is 1.69. The van der Waals surface area contributed by atoms with Crippen LogP contribution in [0.1, 0.15) is 35.3 Å². The van der Waals surface area contributed by atoms with Gasteiger partial charge in [0.15, 0.2) is 5.65 Å². The van der Waals surface area contributed by atoms with Gasteiger partial charge in [-0.25, -0.2) is 14.2 Å². The number of amides is 1. The summed E-state index contributed by atoms with van der Waals surface area (Å²) in [5, 5.41) is 4.16. The molecule has 0 radical (unpaired) electrons. The van der Waals surface area contributed by atoms with Gasteiger partial charge in [0.05, 0.1) is 5.69 Å². The fourth-order valence-corrected chi connectivity index (χ4v) is 3.80. The summed E-state index contributed by atoms with van der Waals surface area (Å²) in [5.41, 5.74) is 0.956. The maximum absolute atomic E-state index is 12.4. The molecule has 1 N–H and O–H groups in total. The average Bonchev–Trinajstić information content (AvgIpc) is 2.83. The quantitative estimate of drug-likeness (QED) is 0.887. The van der Waals surface area contributed by atoms with Crippen molar-refractivity contribution in [1.29, 1.82) is 0 Å². The average molecular weight is 323 g/mol. The molecule has 0 spiro atoms. The van der Waals surface area contributed by atoms with Crippen LogP contribution in [0.15, 0.2) is 18.5 Å². The number of nitrogens with zero attached hydrogens (tertiary/aromatic N) is 4. The summed E-state index contributed by atoms with van der Waals surface area (Å²) in [7, 11) is -3.83. The van der Waals surface area contributed by atoms with Crippen molar-refractivity contribution in [3.63, 3.8) is 0 Å². The van der Waals surface area contributed by atoms with Crippen molar-refractivity contribution in [3.05, 3.63) is 29.7 Å². The van der Waals surface area contributed by atoms with Crippen LogP contribution in [0.3, 0.4) is 0 Å². The number of rotatable bonds is 3. The largest absolute Gasteiger partial charge is 0.304 e. The minimum atomic E-state index is -3.83. The van der Waals surface area contributed by atoms with Gasteiger partial charge < -0.3 is 0 Å². The van der Waals surface area contributed by atoms with Crippen LogP contribution in [-0.4, -0.2) is 46.3 Å². The minimum Gasteiger partial charge on any atom is -0.268 e. The van der Waals surface area contributed by atoms with E-state index in [1.807, 2.05) is 0 Å². The van der Waals surface area contributed by atoms with Gasteiger partial charge in [0.25, 0.3) is 5.91 Å². The lowest BCUT2D eigenvalue weighted by atomic mass is 10.2. The van der Waals surface area contributed by atoms with Gasteiger partial charge >= 0.3 is 10.2 Å². The highest BCUT2D eigenvalue weighted by Crippen LogP contribution is 2.15. The number of aryl methyl sites for hydroxylation is 1. The molecule has 0 bridgehead atoms. The number of aromatic nitrogens is 3. The molecule has 8 nitrogen and oxygen atoms in total. The summed E-state index contributed by atoms with van der Waals surface area (Å²) in [6.07, 6.45) is 5.83. The highest BCUT2D eigenvalue weighted by atomic mass is 32.2. The van der Waals surface area contributed by atoms with Gasteiger partial charge in [0, 0.05) is 25.5 Å². The van der Waals surface area contributed by atoms with E-state index in [-0.39, 0.29) is 5.56 Å². The van der Waals surface area contributed by atoms with Crippen molar-refractivity contribution in [3.8, 4) is 0 Å². The molecule has 118 valence electrons. The number of hydrogen-bond donors (Lipinski definition) is 1. The monoisotopic (exact) mass is 323 g/mol. The Labute approximate surface area is 128 Å². The molecule has 2 aromatic rings. The third kappa shape index (κ3) is 2.69.